The van der Waals surface area contributed by atoms with Gasteiger partial charge in [0.15, 0.2) is 11.6 Å². The monoisotopic (exact) mass is 589 g/mol. The fraction of sp³-hybridized carbons (Fsp3) is 0.333. The average molecular weight is 590 g/mol. The summed E-state index contributed by atoms with van der Waals surface area (Å²) in [6.45, 7) is 2.31. The molecule has 2 atom stereocenters. The van der Waals surface area contributed by atoms with E-state index in [9.17, 15) is 17.6 Å². The first-order valence-corrected chi connectivity index (χ1v) is 15.4. The molecule has 2 aliphatic heterocycles. The molecule has 0 radical (unpaired) electrons. The quantitative estimate of drug-likeness (QED) is 0.358. The van der Waals surface area contributed by atoms with Gasteiger partial charge in [-0.3, -0.25) is 9.78 Å². The zero-order valence-electron chi connectivity index (χ0n) is 22.8. The number of amides is 1. The second kappa shape index (κ2) is 10.3. The van der Waals surface area contributed by atoms with Crippen molar-refractivity contribution in [3.63, 3.8) is 0 Å². The number of alkyl halides is 1. The van der Waals surface area contributed by atoms with Crippen LogP contribution in [-0.2, 0) is 21.1 Å². The van der Waals surface area contributed by atoms with Crippen molar-refractivity contribution < 1.29 is 27.1 Å². The van der Waals surface area contributed by atoms with E-state index in [0.29, 0.717) is 35.8 Å². The van der Waals surface area contributed by atoms with E-state index in [4.69, 9.17) is 19.4 Å². The topological polar surface area (TPSA) is 124 Å². The van der Waals surface area contributed by atoms with Crippen LogP contribution < -0.4 is 15.0 Å². The number of carbonyl (C=O) groups is 1. The van der Waals surface area contributed by atoms with E-state index in [1.807, 2.05) is 23.2 Å². The van der Waals surface area contributed by atoms with Crippen LogP contribution in [-0.4, -0.2) is 54.5 Å². The number of aromatic nitrogens is 3. The van der Waals surface area contributed by atoms with Gasteiger partial charge in [0.2, 0.25) is 15.3 Å². The van der Waals surface area contributed by atoms with E-state index in [-0.39, 0.29) is 17.0 Å². The number of rotatable bonds is 5. The summed E-state index contributed by atoms with van der Waals surface area (Å²) < 4.78 is 50.9. The van der Waals surface area contributed by atoms with Gasteiger partial charge in [-0.05, 0) is 73.2 Å². The number of sulfone groups is 1. The van der Waals surface area contributed by atoms with Crippen molar-refractivity contribution in [1.82, 2.24) is 20.3 Å². The van der Waals surface area contributed by atoms with Gasteiger partial charge in [-0.2, -0.15) is 0 Å². The van der Waals surface area contributed by atoms with Crippen molar-refractivity contribution in [2.75, 3.05) is 24.7 Å². The molecule has 0 spiro atoms. The Kier molecular flexibility index (Phi) is 6.54. The average Bonchev–Trinajstić information content (AvgIpc) is 3.87. The summed E-state index contributed by atoms with van der Waals surface area (Å²) >= 11 is 0. The van der Waals surface area contributed by atoms with Crippen molar-refractivity contribution in [1.29, 1.82) is 0 Å². The number of nitrogens with one attached hydrogen (secondary N) is 1. The van der Waals surface area contributed by atoms with Crippen LogP contribution in [0.2, 0.25) is 0 Å². The maximum atomic E-state index is 14.3. The minimum atomic E-state index is -4.28. The van der Waals surface area contributed by atoms with Gasteiger partial charge in [-0.15, -0.1) is 0 Å². The zero-order chi connectivity index (χ0) is 29.0. The van der Waals surface area contributed by atoms with E-state index in [1.165, 1.54) is 36.6 Å². The predicted molar refractivity (Wildman–Crippen MR) is 152 cm³/mol. The van der Waals surface area contributed by atoms with Crippen LogP contribution in [0.1, 0.15) is 59.0 Å². The summed E-state index contributed by atoms with van der Waals surface area (Å²) in [5.74, 6) is 2.31. The molecular weight excluding hydrogens is 561 g/mol. The molecular formula is C30H28FN5O5S. The Balaban J connectivity index is 1.11. The Morgan fingerprint density at radius 2 is 1.98 bits per heavy atom. The number of benzene rings is 1. The highest BCUT2D eigenvalue weighted by molar-refractivity contribution is 7.92. The van der Waals surface area contributed by atoms with Crippen molar-refractivity contribution >= 4 is 38.3 Å². The standard InChI is InChI=1S/C30H28FN5O5S/c1-17-23-6-4-19(11-26(23)42(38,39)27(31)16-41-17)30(37)34-15-22-12-24-20(13-32-22)5-7-28(35-24)36-8-9-40-25-10-21(18-2-3-18)14-33-29(25)36/h4-7,10-14,17-18,27H,2-3,8-9,15-16H2,1H3,(H,34,37)/t17-,27+/m0/s1. The van der Waals surface area contributed by atoms with Crippen molar-refractivity contribution in [2.45, 2.75) is 48.7 Å². The molecule has 5 heterocycles. The fourth-order valence-corrected chi connectivity index (χ4v) is 6.73. The van der Waals surface area contributed by atoms with Crippen LogP contribution in [0.4, 0.5) is 16.0 Å². The zero-order valence-corrected chi connectivity index (χ0v) is 23.6. The molecule has 1 aromatic carbocycles. The maximum Gasteiger partial charge on any atom is 0.251 e. The molecule has 1 saturated carbocycles. The summed E-state index contributed by atoms with van der Waals surface area (Å²) in [6.07, 6.45) is 5.38. The van der Waals surface area contributed by atoms with E-state index >= 15 is 0 Å². The summed E-state index contributed by atoms with van der Waals surface area (Å²) in [5, 5.41) is 3.62. The molecule has 216 valence electrons. The number of hydrogen-bond acceptors (Lipinski definition) is 9. The number of hydrogen-bond donors (Lipinski definition) is 1. The van der Waals surface area contributed by atoms with E-state index in [1.54, 1.807) is 19.2 Å². The van der Waals surface area contributed by atoms with Crippen LogP contribution in [0, 0.1) is 0 Å². The number of fused-ring (bicyclic) bond motifs is 3. The lowest BCUT2D eigenvalue weighted by Gasteiger charge is -2.29. The number of pyridine rings is 3. The van der Waals surface area contributed by atoms with Crippen molar-refractivity contribution in [2.24, 2.45) is 0 Å². The molecule has 1 fully saturated rings. The molecule has 0 unspecified atom stereocenters. The lowest BCUT2D eigenvalue weighted by molar-refractivity contribution is 0.0486. The number of anilines is 2. The molecule has 0 saturated heterocycles. The molecule has 3 aliphatic rings. The molecule has 7 rings (SSSR count). The van der Waals surface area contributed by atoms with Crippen molar-refractivity contribution in [3.8, 4) is 5.75 Å². The van der Waals surface area contributed by atoms with Crippen LogP contribution in [0.15, 0.2) is 59.8 Å². The summed E-state index contributed by atoms with van der Waals surface area (Å²) in [5.41, 5.74) is 0.717. The highest BCUT2D eigenvalue weighted by Gasteiger charge is 2.35. The second-order valence-corrected chi connectivity index (χ2v) is 12.8. The highest BCUT2D eigenvalue weighted by Crippen LogP contribution is 2.43. The summed E-state index contributed by atoms with van der Waals surface area (Å²) in [4.78, 5) is 28.8. The molecule has 12 heteroatoms. The molecule has 10 nitrogen and oxygen atoms in total. The van der Waals surface area contributed by atoms with Gasteiger partial charge in [-0.25, -0.2) is 22.8 Å². The molecule has 42 heavy (non-hydrogen) atoms. The van der Waals surface area contributed by atoms with Gasteiger partial charge in [0.05, 0.1) is 41.9 Å². The second-order valence-electron chi connectivity index (χ2n) is 10.8. The number of nitrogens with zero attached hydrogens (tertiary/aromatic N) is 4. The first-order valence-electron chi connectivity index (χ1n) is 13.9. The van der Waals surface area contributed by atoms with Gasteiger partial charge in [-0.1, -0.05) is 6.07 Å². The van der Waals surface area contributed by atoms with Gasteiger partial charge < -0.3 is 19.7 Å². The lowest BCUT2D eigenvalue weighted by Crippen LogP contribution is -2.30. The van der Waals surface area contributed by atoms with Crippen LogP contribution >= 0.6 is 0 Å². The van der Waals surface area contributed by atoms with E-state index in [2.05, 4.69) is 16.4 Å². The molecule has 3 aromatic heterocycles. The SMILES string of the molecule is C[C@@H]1OC[C@H](F)S(=O)(=O)c2cc(C(=O)NCc3cc4nc(N5CCOc6cc(C7CC7)cnc65)ccc4cn3)ccc21. The number of ether oxygens (including phenoxy) is 2. The van der Waals surface area contributed by atoms with Crippen molar-refractivity contribution in [3.05, 3.63) is 77.2 Å². The lowest BCUT2D eigenvalue weighted by atomic mass is 10.1. The van der Waals surface area contributed by atoms with Gasteiger partial charge in [0, 0.05) is 23.3 Å². The normalized spacial score (nSPS) is 21.1. The fourth-order valence-electron chi connectivity index (χ4n) is 5.34. The Labute approximate surface area is 241 Å². The number of carbonyl (C=O) groups excluding carboxylic acids is 1. The third-order valence-electron chi connectivity index (χ3n) is 7.89. The molecule has 1 N–H and O–H groups in total. The molecule has 1 aliphatic carbocycles. The molecule has 4 aromatic rings. The highest BCUT2D eigenvalue weighted by atomic mass is 32.2. The Morgan fingerprint density at radius 3 is 2.81 bits per heavy atom. The summed E-state index contributed by atoms with van der Waals surface area (Å²) in [6, 6.07) is 12.0. The maximum absolute atomic E-state index is 14.3. The predicted octanol–water partition coefficient (Wildman–Crippen LogP) is 4.52. The molecule has 1 amide bonds. The van der Waals surface area contributed by atoms with Gasteiger partial charge >= 0.3 is 0 Å². The smallest absolute Gasteiger partial charge is 0.251 e. The van der Waals surface area contributed by atoms with E-state index in [0.717, 1.165) is 22.8 Å². The van der Waals surface area contributed by atoms with E-state index < -0.39 is 34.0 Å². The summed E-state index contributed by atoms with van der Waals surface area (Å²) in [7, 11) is -4.28. The third-order valence-corrected chi connectivity index (χ3v) is 9.66. The number of halogens is 1. The van der Waals surface area contributed by atoms with Crippen LogP contribution in [0.25, 0.3) is 10.9 Å². The van der Waals surface area contributed by atoms with Crippen LogP contribution in [0.3, 0.4) is 0 Å². The van der Waals surface area contributed by atoms with Gasteiger partial charge in [0.25, 0.3) is 5.91 Å². The van der Waals surface area contributed by atoms with Gasteiger partial charge in [0.1, 0.15) is 12.4 Å². The third kappa shape index (κ3) is 4.84. The minimum Gasteiger partial charge on any atom is -0.488 e. The Bertz CT molecular complexity index is 1830. The first kappa shape index (κ1) is 26.7. The first-order chi connectivity index (χ1) is 20.3. The largest absolute Gasteiger partial charge is 0.488 e. The Morgan fingerprint density at radius 1 is 1.12 bits per heavy atom. The minimum absolute atomic E-state index is 0.0850. The Hall–Kier alpha value is -4.16. The molecule has 0 bridgehead atoms. The van der Waals surface area contributed by atoms with Crippen LogP contribution in [0.5, 0.6) is 5.75 Å².